The zero-order chi connectivity index (χ0) is 17.0. The molecule has 2 aromatic rings. The van der Waals surface area contributed by atoms with Gasteiger partial charge in [0.25, 0.3) is 5.91 Å². The number of carbonyl (C=O) groups excluding carboxylic acids is 1. The van der Waals surface area contributed by atoms with Crippen LogP contribution in [0.2, 0.25) is 0 Å². The number of carboxylic acid groups (broad SMARTS) is 1. The molecule has 0 radical (unpaired) electrons. The van der Waals surface area contributed by atoms with E-state index in [2.05, 4.69) is 10.3 Å². The van der Waals surface area contributed by atoms with Gasteiger partial charge in [-0.2, -0.15) is 0 Å². The van der Waals surface area contributed by atoms with Crippen molar-refractivity contribution in [1.29, 1.82) is 0 Å². The van der Waals surface area contributed by atoms with Gasteiger partial charge in [0, 0.05) is 18.8 Å². The van der Waals surface area contributed by atoms with E-state index in [-0.39, 0.29) is 12.3 Å². The molecule has 7 heteroatoms. The maximum atomic E-state index is 12.6. The van der Waals surface area contributed by atoms with Crippen LogP contribution in [-0.2, 0) is 9.53 Å². The van der Waals surface area contributed by atoms with Gasteiger partial charge < -0.3 is 15.2 Å². The highest BCUT2D eigenvalue weighted by atomic mass is 32.1. The Hall–Kier alpha value is -2.25. The Balaban J connectivity index is 1.76. The smallest absolute Gasteiger partial charge is 0.305 e. The highest BCUT2D eigenvalue weighted by Gasteiger charge is 2.37. The van der Waals surface area contributed by atoms with E-state index in [1.807, 2.05) is 30.3 Å². The largest absolute Gasteiger partial charge is 0.481 e. The summed E-state index contributed by atoms with van der Waals surface area (Å²) in [4.78, 5) is 28.5. The van der Waals surface area contributed by atoms with Crippen molar-refractivity contribution in [2.75, 3.05) is 13.2 Å². The SMILES string of the molecule is O=C(O)CC1(NC(=O)c2cnc(-c3ccccc3)s2)CCOCC1. The molecule has 2 N–H and O–H groups in total. The van der Waals surface area contributed by atoms with E-state index in [0.29, 0.717) is 30.9 Å². The van der Waals surface area contributed by atoms with Crippen LogP contribution < -0.4 is 5.32 Å². The molecular formula is C17H18N2O4S. The number of ether oxygens (including phenoxy) is 1. The monoisotopic (exact) mass is 346 g/mol. The molecular weight excluding hydrogens is 328 g/mol. The average Bonchev–Trinajstić information content (AvgIpc) is 3.06. The predicted octanol–water partition coefficient (Wildman–Crippen LogP) is 2.56. The number of benzene rings is 1. The highest BCUT2D eigenvalue weighted by Crippen LogP contribution is 2.28. The van der Waals surface area contributed by atoms with E-state index >= 15 is 0 Å². The van der Waals surface area contributed by atoms with Crippen molar-refractivity contribution < 1.29 is 19.4 Å². The summed E-state index contributed by atoms with van der Waals surface area (Å²) in [6.07, 6.45) is 2.42. The number of carbonyl (C=O) groups is 2. The second-order valence-electron chi connectivity index (χ2n) is 5.81. The number of nitrogens with one attached hydrogen (secondary N) is 1. The first-order valence-corrected chi connectivity index (χ1v) is 8.53. The molecule has 0 bridgehead atoms. The third kappa shape index (κ3) is 3.80. The number of carboxylic acids is 1. The zero-order valence-electron chi connectivity index (χ0n) is 13.0. The number of rotatable bonds is 5. The number of hydrogen-bond donors (Lipinski definition) is 2. The summed E-state index contributed by atoms with van der Waals surface area (Å²) in [7, 11) is 0. The predicted molar refractivity (Wildman–Crippen MR) is 90.1 cm³/mol. The standard InChI is InChI=1S/C17H18N2O4S/c20-14(21)10-17(6-8-23-9-7-17)19-15(22)13-11-18-16(24-13)12-4-2-1-3-5-12/h1-5,11H,6-10H2,(H,19,22)(H,20,21). The average molecular weight is 346 g/mol. The molecule has 0 aliphatic carbocycles. The first kappa shape index (κ1) is 16.6. The first-order chi connectivity index (χ1) is 11.6. The molecule has 1 aliphatic rings. The molecule has 1 aliphatic heterocycles. The van der Waals surface area contributed by atoms with Gasteiger partial charge >= 0.3 is 5.97 Å². The van der Waals surface area contributed by atoms with Crippen LogP contribution in [0.3, 0.4) is 0 Å². The van der Waals surface area contributed by atoms with E-state index in [1.165, 1.54) is 17.5 Å². The molecule has 1 aromatic carbocycles. The lowest BCUT2D eigenvalue weighted by Gasteiger charge is -2.36. The number of amides is 1. The summed E-state index contributed by atoms with van der Waals surface area (Å²) in [5.74, 6) is -1.20. The van der Waals surface area contributed by atoms with Gasteiger partial charge in [0.15, 0.2) is 0 Å². The van der Waals surface area contributed by atoms with Gasteiger partial charge in [0.2, 0.25) is 0 Å². The van der Waals surface area contributed by atoms with Crippen LogP contribution in [-0.4, -0.2) is 40.7 Å². The summed E-state index contributed by atoms with van der Waals surface area (Å²) in [6, 6.07) is 9.63. The number of aliphatic carboxylic acids is 1. The molecule has 1 fully saturated rings. The van der Waals surface area contributed by atoms with Crippen molar-refractivity contribution in [3.05, 3.63) is 41.4 Å². The van der Waals surface area contributed by atoms with Crippen molar-refractivity contribution in [2.24, 2.45) is 0 Å². The minimum atomic E-state index is -0.925. The number of hydrogen-bond acceptors (Lipinski definition) is 5. The minimum absolute atomic E-state index is 0.105. The van der Waals surface area contributed by atoms with Crippen molar-refractivity contribution >= 4 is 23.2 Å². The van der Waals surface area contributed by atoms with Crippen LogP contribution in [0.5, 0.6) is 0 Å². The fourth-order valence-electron chi connectivity index (χ4n) is 2.79. The number of aromatic nitrogens is 1. The molecule has 1 saturated heterocycles. The van der Waals surface area contributed by atoms with E-state index in [1.54, 1.807) is 0 Å². The Morgan fingerprint density at radius 1 is 1.25 bits per heavy atom. The van der Waals surface area contributed by atoms with E-state index < -0.39 is 11.5 Å². The Bertz CT molecular complexity index is 723. The van der Waals surface area contributed by atoms with Crippen molar-refractivity contribution in [3.63, 3.8) is 0 Å². The maximum absolute atomic E-state index is 12.6. The normalized spacial score (nSPS) is 16.5. The molecule has 0 spiro atoms. The van der Waals surface area contributed by atoms with Gasteiger partial charge in [-0.15, -0.1) is 11.3 Å². The molecule has 0 unspecified atom stereocenters. The molecule has 3 rings (SSSR count). The summed E-state index contributed by atoms with van der Waals surface area (Å²) in [6.45, 7) is 0.900. The van der Waals surface area contributed by atoms with Crippen molar-refractivity contribution in [2.45, 2.75) is 24.8 Å². The Kier molecular flexibility index (Phi) is 4.92. The quantitative estimate of drug-likeness (QED) is 0.869. The molecule has 0 atom stereocenters. The maximum Gasteiger partial charge on any atom is 0.305 e. The summed E-state index contributed by atoms with van der Waals surface area (Å²) >= 11 is 1.30. The molecule has 0 saturated carbocycles. The van der Waals surface area contributed by atoms with Crippen LogP contribution in [0.15, 0.2) is 36.5 Å². The van der Waals surface area contributed by atoms with Gasteiger partial charge in [-0.05, 0) is 12.8 Å². The van der Waals surface area contributed by atoms with Gasteiger partial charge in [0.05, 0.1) is 18.2 Å². The summed E-state index contributed by atoms with van der Waals surface area (Å²) in [5.41, 5.74) is 0.200. The zero-order valence-corrected chi connectivity index (χ0v) is 13.8. The topological polar surface area (TPSA) is 88.5 Å². The van der Waals surface area contributed by atoms with Crippen LogP contribution in [0.4, 0.5) is 0 Å². The molecule has 1 amide bonds. The molecule has 6 nitrogen and oxygen atoms in total. The minimum Gasteiger partial charge on any atom is -0.481 e. The van der Waals surface area contributed by atoms with Crippen LogP contribution in [0.1, 0.15) is 28.9 Å². The fourth-order valence-corrected chi connectivity index (χ4v) is 3.61. The summed E-state index contributed by atoms with van der Waals surface area (Å²) in [5, 5.41) is 12.8. The van der Waals surface area contributed by atoms with Crippen LogP contribution in [0, 0.1) is 0 Å². The van der Waals surface area contributed by atoms with E-state index in [0.717, 1.165) is 10.6 Å². The molecule has 24 heavy (non-hydrogen) atoms. The molecule has 126 valence electrons. The second kappa shape index (κ2) is 7.11. The number of nitrogens with zero attached hydrogens (tertiary/aromatic N) is 1. The lowest BCUT2D eigenvalue weighted by Crippen LogP contribution is -2.53. The molecule has 1 aromatic heterocycles. The van der Waals surface area contributed by atoms with Gasteiger partial charge in [-0.25, -0.2) is 4.98 Å². The molecule has 2 heterocycles. The second-order valence-corrected chi connectivity index (χ2v) is 6.84. The number of thiazole rings is 1. The van der Waals surface area contributed by atoms with Crippen LogP contribution in [0.25, 0.3) is 10.6 Å². The fraction of sp³-hybridized carbons (Fsp3) is 0.353. The van der Waals surface area contributed by atoms with E-state index in [9.17, 15) is 9.59 Å². The third-order valence-electron chi connectivity index (χ3n) is 4.07. The first-order valence-electron chi connectivity index (χ1n) is 7.71. The third-order valence-corrected chi connectivity index (χ3v) is 5.11. The van der Waals surface area contributed by atoms with Gasteiger partial charge in [-0.1, -0.05) is 30.3 Å². The van der Waals surface area contributed by atoms with Crippen molar-refractivity contribution in [3.8, 4) is 10.6 Å². The Morgan fingerprint density at radius 2 is 1.96 bits per heavy atom. The van der Waals surface area contributed by atoms with Crippen molar-refractivity contribution in [1.82, 2.24) is 10.3 Å². The Morgan fingerprint density at radius 3 is 2.62 bits per heavy atom. The summed E-state index contributed by atoms with van der Waals surface area (Å²) < 4.78 is 5.30. The van der Waals surface area contributed by atoms with E-state index in [4.69, 9.17) is 9.84 Å². The van der Waals surface area contributed by atoms with Gasteiger partial charge in [0.1, 0.15) is 9.88 Å². The van der Waals surface area contributed by atoms with Gasteiger partial charge in [-0.3, -0.25) is 9.59 Å². The highest BCUT2D eigenvalue weighted by molar-refractivity contribution is 7.16. The lowest BCUT2D eigenvalue weighted by atomic mass is 9.86. The lowest BCUT2D eigenvalue weighted by molar-refractivity contribution is -0.139. The Labute approximate surface area is 143 Å². The van der Waals surface area contributed by atoms with Crippen LogP contribution >= 0.6 is 11.3 Å².